The molecule has 0 aromatic carbocycles. The first kappa shape index (κ1) is 20.4. The molecule has 2 aromatic rings. The van der Waals surface area contributed by atoms with Gasteiger partial charge in [-0.2, -0.15) is 4.98 Å². The molecule has 8 heteroatoms. The number of carbonyl (C=O) groups is 1. The van der Waals surface area contributed by atoms with Crippen LogP contribution in [0.4, 0.5) is 0 Å². The predicted octanol–water partition coefficient (Wildman–Crippen LogP) is 2.60. The molecule has 1 saturated carbocycles. The number of nitrogens with zero attached hydrogens (tertiary/aromatic N) is 3. The molecule has 0 spiro atoms. The minimum Gasteiger partial charge on any atom is -0.478 e. The van der Waals surface area contributed by atoms with E-state index in [0.29, 0.717) is 25.1 Å². The third kappa shape index (κ3) is 5.13. The summed E-state index contributed by atoms with van der Waals surface area (Å²) < 4.78 is 19.5. The lowest BCUT2D eigenvalue weighted by Gasteiger charge is -2.29. The van der Waals surface area contributed by atoms with E-state index in [0.717, 1.165) is 36.7 Å². The monoisotopic (exact) mass is 390 g/mol. The zero-order chi connectivity index (χ0) is 20.1. The maximum Gasteiger partial charge on any atom is 0.297 e. The molecule has 2 aromatic heterocycles. The zero-order valence-corrected chi connectivity index (χ0v) is 17.1. The highest BCUT2D eigenvalue weighted by atomic mass is 16.5. The van der Waals surface area contributed by atoms with E-state index in [1.165, 1.54) is 6.92 Å². The topological polar surface area (TPSA) is 87.5 Å². The van der Waals surface area contributed by atoms with Crippen molar-refractivity contribution in [1.29, 1.82) is 0 Å². The number of fused-ring (bicyclic) bond motifs is 1. The van der Waals surface area contributed by atoms with Crippen LogP contribution in [0.15, 0.2) is 12.3 Å². The fraction of sp³-hybridized carbons (Fsp3) is 0.650. The molecular formula is C20H30N4O4. The van der Waals surface area contributed by atoms with Crippen LogP contribution in [0.1, 0.15) is 46.5 Å². The van der Waals surface area contributed by atoms with Crippen LogP contribution in [-0.4, -0.2) is 51.9 Å². The summed E-state index contributed by atoms with van der Waals surface area (Å²) in [5.74, 6) is 0.565. The summed E-state index contributed by atoms with van der Waals surface area (Å²) in [4.78, 5) is 19.9. The van der Waals surface area contributed by atoms with Crippen molar-refractivity contribution in [2.75, 3.05) is 13.2 Å². The second-order valence-electron chi connectivity index (χ2n) is 7.35. The van der Waals surface area contributed by atoms with Crippen molar-refractivity contribution in [3.05, 3.63) is 12.3 Å². The third-order valence-corrected chi connectivity index (χ3v) is 4.92. The van der Waals surface area contributed by atoms with Crippen LogP contribution in [-0.2, 0) is 16.6 Å². The fourth-order valence-corrected chi connectivity index (χ4v) is 3.52. The summed E-state index contributed by atoms with van der Waals surface area (Å²) in [5, 5.41) is 2.84. The Hall–Kier alpha value is -2.35. The second-order valence-corrected chi connectivity index (χ2v) is 7.35. The van der Waals surface area contributed by atoms with Crippen molar-refractivity contribution in [2.24, 2.45) is 7.05 Å². The molecule has 1 fully saturated rings. The Balaban J connectivity index is 1.52. The molecule has 0 radical (unpaired) electrons. The Bertz CT molecular complexity index is 799. The fourth-order valence-electron chi connectivity index (χ4n) is 3.52. The van der Waals surface area contributed by atoms with Crippen molar-refractivity contribution in [3.8, 4) is 11.9 Å². The molecule has 2 heterocycles. The van der Waals surface area contributed by atoms with E-state index < -0.39 is 0 Å². The first-order valence-corrected chi connectivity index (χ1v) is 9.96. The first-order valence-electron chi connectivity index (χ1n) is 9.96. The van der Waals surface area contributed by atoms with Crippen molar-refractivity contribution in [2.45, 2.75) is 64.7 Å². The molecule has 154 valence electrons. The summed E-state index contributed by atoms with van der Waals surface area (Å²) in [6.45, 7) is 6.52. The highest BCUT2D eigenvalue weighted by molar-refractivity contribution is 5.76. The Kier molecular flexibility index (Phi) is 6.72. The summed E-state index contributed by atoms with van der Waals surface area (Å²) in [6.07, 6.45) is 5.79. The molecule has 1 amide bonds. The van der Waals surface area contributed by atoms with Gasteiger partial charge >= 0.3 is 0 Å². The first-order chi connectivity index (χ1) is 13.5. The number of aryl methyl sites for hydroxylation is 1. The minimum absolute atomic E-state index is 0.0285. The predicted molar refractivity (Wildman–Crippen MR) is 106 cm³/mol. The van der Waals surface area contributed by atoms with E-state index in [4.69, 9.17) is 14.2 Å². The lowest BCUT2D eigenvalue weighted by Crippen LogP contribution is -2.37. The smallest absolute Gasteiger partial charge is 0.297 e. The van der Waals surface area contributed by atoms with Crippen molar-refractivity contribution < 1.29 is 19.0 Å². The average molecular weight is 390 g/mol. The van der Waals surface area contributed by atoms with Crippen LogP contribution in [0.3, 0.4) is 0 Å². The van der Waals surface area contributed by atoms with Crippen molar-refractivity contribution in [3.63, 3.8) is 0 Å². The molecule has 3 rings (SSSR count). The van der Waals surface area contributed by atoms with Crippen molar-refractivity contribution in [1.82, 2.24) is 19.9 Å². The van der Waals surface area contributed by atoms with E-state index in [2.05, 4.69) is 15.3 Å². The van der Waals surface area contributed by atoms with Gasteiger partial charge in [0, 0.05) is 26.1 Å². The average Bonchev–Trinajstić information content (AvgIpc) is 2.96. The second kappa shape index (κ2) is 9.23. The molecule has 0 saturated heterocycles. The van der Waals surface area contributed by atoms with Gasteiger partial charge in [0.1, 0.15) is 11.6 Å². The van der Waals surface area contributed by atoms with Crippen LogP contribution in [0.5, 0.6) is 11.9 Å². The number of amides is 1. The molecule has 1 aliphatic carbocycles. The normalized spacial score (nSPS) is 20.7. The van der Waals surface area contributed by atoms with Gasteiger partial charge in [-0.25, -0.2) is 4.98 Å². The van der Waals surface area contributed by atoms with Gasteiger partial charge < -0.3 is 19.5 Å². The minimum atomic E-state index is -0.0285. The zero-order valence-electron chi connectivity index (χ0n) is 17.1. The Morgan fingerprint density at radius 3 is 2.71 bits per heavy atom. The summed E-state index contributed by atoms with van der Waals surface area (Å²) in [6, 6.07) is 2.52. The van der Waals surface area contributed by atoms with Crippen LogP contribution in [0.25, 0.3) is 11.0 Å². The van der Waals surface area contributed by atoms with E-state index in [-0.39, 0.29) is 24.2 Å². The quantitative estimate of drug-likeness (QED) is 0.745. The number of nitrogens with one attached hydrogen (secondary N) is 1. The van der Waals surface area contributed by atoms with Crippen LogP contribution in [0, 0.1) is 0 Å². The summed E-state index contributed by atoms with van der Waals surface area (Å²) in [5.41, 5.74) is 1.74. The van der Waals surface area contributed by atoms with E-state index in [1.54, 1.807) is 6.20 Å². The standard InChI is InChI=1S/C20H30N4O4/c1-5-26-19-10-18-17(11-21-19)23-20(24(18)4)28-16-8-6-15(7-9-16)27-12-13(2)22-14(3)25/h10-11,13,15-16H,5-9,12H2,1-4H3,(H,22,25)/t13-,15?,16?/m0/s1. The SMILES string of the molecule is CCOc1cc2c(cn1)nc(OC1CCC(OC[C@H](C)NC(C)=O)CC1)n2C. The van der Waals surface area contributed by atoms with Gasteiger partial charge in [-0.3, -0.25) is 9.36 Å². The van der Waals surface area contributed by atoms with Gasteiger partial charge in [0.25, 0.3) is 6.01 Å². The van der Waals surface area contributed by atoms with E-state index in [9.17, 15) is 4.79 Å². The molecule has 0 aliphatic heterocycles. The number of hydrogen-bond acceptors (Lipinski definition) is 6. The van der Waals surface area contributed by atoms with Crippen molar-refractivity contribution >= 4 is 16.9 Å². The highest BCUT2D eigenvalue weighted by Crippen LogP contribution is 2.28. The van der Waals surface area contributed by atoms with Gasteiger partial charge in [-0.15, -0.1) is 0 Å². The molecule has 8 nitrogen and oxygen atoms in total. The number of ether oxygens (including phenoxy) is 3. The largest absolute Gasteiger partial charge is 0.478 e. The lowest BCUT2D eigenvalue weighted by molar-refractivity contribution is -0.120. The number of imidazole rings is 1. The molecule has 1 atom stereocenters. The molecule has 1 N–H and O–H groups in total. The Labute approximate surface area is 165 Å². The van der Waals surface area contributed by atoms with Crippen LogP contribution < -0.4 is 14.8 Å². The molecular weight excluding hydrogens is 360 g/mol. The highest BCUT2D eigenvalue weighted by Gasteiger charge is 2.25. The lowest BCUT2D eigenvalue weighted by atomic mass is 9.95. The Morgan fingerprint density at radius 2 is 2.04 bits per heavy atom. The summed E-state index contributed by atoms with van der Waals surface area (Å²) in [7, 11) is 1.94. The van der Waals surface area contributed by atoms with Gasteiger partial charge in [0.15, 0.2) is 0 Å². The van der Waals surface area contributed by atoms with Gasteiger partial charge in [-0.1, -0.05) is 0 Å². The molecule has 0 bridgehead atoms. The molecule has 1 aliphatic rings. The maximum absolute atomic E-state index is 11.1. The summed E-state index contributed by atoms with van der Waals surface area (Å²) >= 11 is 0. The number of hydrogen-bond donors (Lipinski definition) is 1. The Morgan fingerprint density at radius 1 is 1.32 bits per heavy atom. The number of aromatic nitrogens is 3. The third-order valence-electron chi connectivity index (χ3n) is 4.92. The number of pyridine rings is 1. The number of rotatable bonds is 8. The maximum atomic E-state index is 11.1. The van der Waals surface area contributed by atoms with Crippen LogP contribution in [0.2, 0.25) is 0 Å². The van der Waals surface area contributed by atoms with Gasteiger partial charge in [0.05, 0.1) is 31.0 Å². The van der Waals surface area contributed by atoms with Crippen LogP contribution >= 0.6 is 0 Å². The molecule has 0 unspecified atom stereocenters. The van der Waals surface area contributed by atoms with E-state index in [1.807, 2.05) is 31.5 Å². The van der Waals surface area contributed by atoms with Gasteiger partial charge in [0.2, 0.25) is 11.8 Å². The van der Waals surface area contributed by atoms with E-state index >= 15 is 0 Å². The van der Waals surface area contributed by atoms with Gasteiger partial charge in [-0.05, 0) is 39.5 Å². The molecule has 28 heavy (non-hydrogen) atoms. The number of carbonyl (C=O) groups excluding carboxylic acids is 1.